The second-order valence-corrected chi connectivity index (χ2v) is 7.66. The number of hydrogen-bond donors (Lipinski definition) is 1. The minimum atomic E-state index is -0.328. The van der Waals surface area contributed by atoms with Gasteiger partial charge >= 0.3 is 0 Å². The average molecular weight is 402 g/mol. The van der Waals surface area contributed by atoms with Crippen molar-refractivity contribution in [2.75, 3.05) is 13.2 Å². The van der Waals surface area contributed by atoms with Crippen molar-refractivity contribution in [3.63, 3.8) is 0 Å². The van der Waals surface area contributed by atoms with Crippen LogP contribution in [0.2, 0.25) is 0 Å². The van der Waals surface area contributed by atoms with Gasteiger partial charge in [0.1, 0.15) is 0 Å². The molecule has 1 aliphatic heterocycles. The second kappa shape index (κ2) is 8.15. The fourth-order valence-electron chi connectivity index (χ4n) is 3.45. The Hall–Kier alpha value is -1.65. The van der Waals surface area contributed by atoms with Crippen molar-refractivity contribution in [1.82, 2.24) is 5.32 Å². The van der Waals surface area contributed by atoms with Gasteiger partial charge in [0.15, 0.2) is 0 Å². The number of nitrogens with one attached hydrogen (secondary N) is 1. The maximum atomic E-state index is 12.7. The molecule has 0 aliphatic carbocycles. The molecule has 0 unspecified atom stereocenters. The molecule has 0 bridgehead atoms. The molecule has 1 heterocycles. The molecule has 4 heteroatoms. The molecule has 132 valence electrons. The molecule has 2 aromatic rings. The lowest BCUT2D eigenvalue weighted by atomic mass is 9.82. The van der Waals surface area contributed by atoms with E-state index in [-0.39, 0.29) is 11.4 Å². The molecular formula is C21H24BrNO2. The number of rotatable bonds is 5. The van der Waals surface area contributed by atoms with Gasteiger partial charge in [-0.05, 0) is 49.4 Å². The van der Waals surface area contributed by atoms with E-state index in [0.29, 0.717) is 19.6 Å². The molecule has 1 aliphatic rings. The first kappa shape index (κ1) is 18.2. The standard InChI is InChI=1S/C21H24BrNO2/c1-16-4-2-5-17(14-16)8-9-20(24)23-21(10-12-25-13-11-21)18-6-3-7-19(22)15-18/h2-7,14-15H,8-13H2,1H3,(H,23,24). The smallest absolute Gasteiger partial charge is 0.221 e. The van der Waals surface area contributed by atoms with Crippen molar-refractivity contribution in [2.45, 2.75) is 38.1 Å². The highest BCUT2D eigenvalue weighted by Gasteiger charge is 2.35. The third-order valence-electron chi connectivity index (χ3n) is 4.83. The van der Waals surface area contributed by atoms with Crippen LogP contribution < -0.4 is 5.32 Å². The summed E-state index contributed by atoms with van der Waals surface area (Å²) in [5.74, 6) is 0.100. The maximum Gasteiger partial charge on any atom is 0.221 e. The lowest BCUT2D eigenvalue weighted by Gasteiger charge is -2.38. The first-order valence-electron chi connectivity index (χ1n) is 8.78. The summed E-state index contributed by atoms with van der Waals surface area (Å²) in [6.07, 6.45) is 2.87. The van der Waals surface area contributed by atoms with Crippen LogP contribution in [0.4, 0.5) is 0 Å². The minimum absolute atomic E-state index is 0.100. The summed E-state index contributed by atoms with van der Waals surface area (Å²) >= 11 is 3.54. The molecule has 1 saturated heterocycles. The summed E-state index contributed by atoms with van der Waals surface area (Å²) in [4.78, 5) is 12.7. The van der Waals surface area contributed by atoms with E-state index in [4.69, 9.17) is 4.74 Å². The van der Waals surface area contributed by atoms with Crippen LogP contribution in [0, 0.1) is 6.92 Å². The summed E-state index contributed by atoms with van der Waals surface area (Å²) in [6, 6.07) is 16.6. The van der Waals surface area contributed by atoms with E-state index in [9.17, 15) is 4.79 Å². The highest BCUT2D eigenvalue weighted by atomic mass is 79.9. The van der Waals surface area contributed by atoms with Crippen molar-refractivity contribution in [3.8, 4) is 0 Å². The van der Waals surface area contributed by atoms with Crippen LogP contribution in [0.1, 0.15) is 36.0 Å². The van der Waals surface area contributed by atoms with Gasteiger partial charge in [0.05, 0.1) is 5.54 Å². The Morgan fingerprint density at radius 3 is 2.64 bits per heavy atom. The molecule has 1 N–H and O–H groups in total. The molecule has 3 nitrogen and oxygen atoms in total. The lowest BCUT2D eigenvalue weighted by Crippen LogP contribution is -2.49. The maximum absolute atomic E-state index is 12.7. The van der Waals surface area contributed by atoms with Crippen LogP contribution >= 0.6 is 15.9 Å². The summed E-state index contributed by atoms with van der Waals surface area (Å²) in [6.45, 7) is 3.42. The second-order valence-electron chi connectivity index (χ2n) is 6.74. The van der Waals surface area contributed by atoms with Gasteiger partial charge in [-0.25, -0.2) is 0 Å². The number of carbonyl (C=O) groups is 1. The predicted octanol–water partition coefficient (Wildman–Crippen LogP) is 4.51. The molecule has 0 aromatic heterocycles. The van der Waals surface area contributed by atoms with Gasteiger partial charge in [0, 0.05) is 24.1 Å². The number of ether oxygens (including phenoxy) is 1. The van der Waals surface area contributed by atoms with Crippen molar-refractivity contribution >= 4 is 21.8 Å². The summed E-state index contributed by atoms with van der Waals surface area (Å²) in [5, 5.41) is 3.32. The normalized spacial score (nSPS) is 16.4. The summed E-state index contributed by atoms with van der Waals surface area (Å²) in [5.41, 5.74) is 3.26. The Morgan fingerprint density at radius 1 is 1.16 bits per heavy atom. The Morgan fingerprint density at radius 2 is 1.92 bits per heavy atom. The summed E-state index contributed by atoms with van der Waals surface area (Å²) < 4.78 is 6.57. The lowest BCUT2D eigenvalue weighted by molar-refractivity contribution is -0.124. The predicted molar refractivity (Wildman–Crippen MR) is 104 cm³/mol. The van der Waals surface area contributed by atoms with Crippen LogP contribution in [-0.2, 0) is 21.5 Å². The van der Waals surface area contributed by atoms with E-state index in [0.717, 1.165) is 29.3 Å². The van der Waals surface area contributed by atoms with E-state index in [2.05, 4.69) is 58.5 Å². The highest BCUT2D eigenvalue weighted by molar-refractivity contribution is 9.10. The Bertz CT molecular complexity index is 738. The zero-order valence-corrected chi connectivity index (χ0v) is 16.1. The van der Waals surface area contributed by atoms with Crippen LogP contribution in [0.5, 0.6) is 0 Å². The quantitative estimate of drug-likeness (QED) is 0.799. The monoisotopic (exact) mass is 401 g/mol. The molecule has 25 heavy (non-hydrogen) atoms. The minimum Gasteiger partial charge on any atom is -0.381 e. The molecular weight excluding hydrogens is 378 g/mol. The molecule has 1 amide bonds. The van der Waals surface area contributed by atoms with Crippen molar-refractivity contribution < 1.29 is 9.53 Å². The molecule has 0 spiro atoms. The number of amides is 1. The number of hydrogen-bond acceptors (Lipinski definition) is 2. The first-order valence-corrected chi connectivity index (χ1v) is 9.57. The van der Waals surface area contributed by atoms with E-state index in [1.807, 2.05) is 18.2 Å². The fourth-order valence-corrected chi connectivity index (χ4v) is 3.85. The molecule has 1 fully saturated rings. The zero-order valence-electron chi connectivity index (χ0n) is 14.6. The fraction of sp³-hybridized carbons (Fsp3) is 0.381. The number of benzene rings is 2. The average Bonchev–Trinajstić information content (AvgIpc) is 2.61. The van der Waals surface area contributed by atoms with Crippen molar-refractivity contribution in [3.05, 3.63) is 69.7 Å². The van der Waals surface area contributed by atoms with Crippen LogP contribution in [0.25, 0.3) is 0 Å². The third kappa shape index (κ3) is 4.71. The Balaban J connectivity index is 1.71. The van der Waals surface area contributed by atoms with Gasteiger partial charge in [-0.15, -0.1) is 0 Å². The van der Waals surface area contributed by atoms with Crippen molar-refractivity contribution in [1.29, 1.82) is 0 Å². The number of aryl methyl sites for hydroxylation is 2. The van der Waals surface area contributed by atoms with Gasteiger partial charge in [0.2, 0.25) is 5.91 Å². The molecule has 2 aromatic carbocycles. The largest absolute Gasteiger partial charge is 0.381 e. The van der Waals surface area contributed by atoms with E-state index >= 15 is 0 Å². The Kier molecular flexibility index (Phi) is 5.92. The van der Waals surface area contributed by atoms with Crippen LogP contribution in [-0.4, -0.2) is 19.1 Å². The van der Waals surface area contributed by atoms with Gasteiger partial charge < -0.3 is 10.1 Å². The Labute approximate surface area is 157 Å². The molecule has 0 radical (unpaired) electrons. The van der Waals surface area contributed by atoms with Gasteiger partial charge in [-0.1, -0.05) is 57.9 Å². The van der Waals surface area contributed by atoms with E-state index < -0.39 is 0 Å². The highest BCUT2D eigenvalue weighted by Crippen LogP contribution is 2.33. The van der Waals surface area contributed by atoms with Crippen LogP contribution in [0.3, 0.4) is 0 Å². The number of carbonyl (C=O) groups excluding carboxylic acids is 1. The molecule has 0 atom stereocenters. The first-order chi connectivity index (χ1) is 12.1. The topological polar surface area (TPSA) is 38.3 Å². The van der Waals surface area contributed by atoms with E-state index in [1.165, 1.54) is 11.1 Å². The van der Waals surface area contributed by atoms with Gasteiger partial charge in [-0.2, -0.15) is 0 Å². The SMILES string of the molecule is Cc1cccc(CCC(=O)NC2(c3cccc(Br)c3)CCOCC2)c1. The number of halogens is 1. The van der Waals surface area contributed by atoms with Gasteiger partial charge in [-0.3, -0.25) is 4.79 Å². The van der Waals surface area contributed by atoms with Crippen molar-refractivity contribution in [2.24, 2.45) is 0 Å². The van der Waals surface area contributed by atoms with Gasteiger partial charge in [0.25, 0.3) is 0 Å². The van der Waals surface area contributed by atoms with E-state index in [1.54, 1.807) is 0 Å². The third-order valence-corrected chi connectivity index (χ3v) is 5.32. The summed E-state index contributed by atoms with van der Waals surface area (Å²) in [7, 11) is 0. The zero-order chi connectivity index (χ0) is 17.7. The molecule has 3 rings (SSSR count). The molecule has 0 saturated carbocycles. The van der Waals surface area contributed by atoms with Crippen LogP contribution in [0.15, 0.2) is 53.0 Å².